The molecule has 108 heavy (non-hydrogen) atoms. The van der Waals surface area contributed by atoms with Gasteiger partial charge in [0.25, 0.3) is 0 Å². The van der Waals surface area contributed by atoms with E-state index in [4.69, 9.17) is 0 Å². The van der Waals surface area contributed by atoms with Gasteiger partial charge in [0, 0.05) is 0 Å². The van der Waals surface area contributed by atoms with E-state index < -0.39 is 0 Å². The molecule has 16 aromatic rings. The summed E-state index contributed by atoms with van der Waals surface area (Å²) in [5, 5.41) is 0. The highest BCUT2D eigenvalue weighted by Crippen LogP contribution is 2.68. The van der Waals surface area contributed by atoms with Gasteiger partial charge in [-0.1, -0.05) is 373 Å². The monoisotopic (exact) mass is 1380 g/mol. The third-order valence-electron chi connectivity index (χ3n) is 25.8. The lowest BCUT2D eigenvalue weighted by Crippen LogP contribution is -2.26. The summed E-state index contributed by atoms with van der Waals surface area (Å²) >= 11 is 0. The minimum atomic E-state index is -0.199. The average molecular weight is 1380 g/mol. The number of hydrogen-bond donors (Lipinski definition) is 0. The molecule has 512 valence electrons. The molecule has 16 aromatic carbocycles. The first-order valence-electron chi connectivity index (χ1n) is 38.5. The highest BCUT2D eigenvalue weighted by atomic mass is 14.6. The molecule has 0 unspecified atom stereocenters. The summed E-state index contributed by atoms with van der Waals surface area (Å²) in [7, 11) is 0. The Morgan fingerprint density at radius 1 is 0.130 bits per heavy atom. The van der Waals surface area contributed by atoms with Gasteiger partial charge in [0.2, 0.25) is 0 Å². The molecule has 0 heteroatoms. The van der Waals surface area contributed by atoms with E-state index in [1.165, 1.54) is 223 Å². The summed E-state index contributed by atoms with van der Waals surface area (Å²) < 4.78 is 0. The molecule has 0 saturated carbocycles. The third kappa shape index (κ3) is 8.36. The van der Waals surface area contributed by atoms with Crippen LogP contribution in [0.5, 0.6) is 0 Å². The molecule has 0 aliphatic heterocycles. The molecule has 0 bridgehead atoms. The maximum absolute atomic E-state index is 2.41. The van der Waals surface area contributed by atoms with Crippen molar-refractivity contribution in [1.82, 2.24) is 0 Å². The smallest absolute Gasteiger partial charge is 0.0619 e. The van der Waals surface area contributed by atoms with Gasteiger partial charge in [-0.2, -0.15) is 0 Å². The maximum Gasteiger partial charge on any atom is 0.0725 e. The van der Waals surface area contributed by atoms with E-state index in [0.29, 0.717) is 0 Å². The standard InChI is InChI=1S/4C27H20/c1-17-9-7-15-23-25(17)26-18(2)10-8-16-24(26)27(23)21-13-5-3-11-19(21)20-12-4-6-14-22(20)27;1-17-11-13-25-21(15-17)19-7-3-5-9-23(19)27(25)24-10-6-4-8-20(24)22-16-18(2)12-14-26(22)27;1-17-11-13-21-19-7-3-5-9-23(19)27(25(21)15-17)24-10-6-4-8-20(24)22-14-12-18(2)16-26(22)27;1-17-11-13-25-21(15-17)22-16-18(2)12-14-26(22)27(25)23-9-5-3-7-19(23)20-8-4-6-10-24(20)27/h4*3-16H,1-2H3. The lowest BCUT2D eigenvalue weighted by Gasteiger charge is -2.30. The highest BCUT2D eigenvalue weighted by Gasteiger charge is 2.56. The molecule has 8 aliphatic carbocycles. The second-order valence-electron chi connectivity index (χ2n) is 31.7. The second-order valence-corrected chi connectivity index (χ2v) is 31.7. The summed E-state index contributed by atoms with van der Waals surface area (Å²) in [4.78, 5) is 0. The van der Waals surface area contributed by atoms with Crippen LogP contribution in [-0.2, 0) is 21.7 Å². The topological polar surface area (TPSA) is 0 Å². The third-order valence-corrected chi connectivity index (χ3v) is 25.8. The predicted octanol–water partition coefficient (Wildman–Crippen LogP) is 26.6. The van der Waals surface area contributed by atoms with Crippen LogP contribution in [0.2, 0.25) is 0 Å². The van der Waals surface area contributed by atoms with Crippen LogP contribution in [0.4, 0.5) is 0 Å². The Morgan fingerprint density at radius 3 is 0.574 bits per heavy atom. The summed E-state index contributed by atoms with van der Waals surface area (Å²) in [5.74, 6) is 0. The fourth-order valence-electron chi connectivity index (χ4n) is 21.7. The Morgan fingerprint density at radius 2 is 0.306 bits per heavy atom. The molecule has 0 N–H and O–H groups in total. The zero-order valence-electron chi connectivity index (χ0n) is 62.3. The first kappa shape index (κ1) is 63.9. The van der Waals surface area contributed by atoms with Crippen molar-refractivity contribution in [1.29, 1.82) is 0 Å². The van der Waals surface area contributed by atoms with Crippen molar-refractivity contribution < 1.29 is 0 Å². The van der Waals surface area contributed by atoms with Crippen LogP contribution < -0.4 is 0 Å². The average Bonchev–Trinajstić information content (AvgIpc) is 1.54. The van der Waals surface area contributed by atoms with Crippen molar-refractivity contribution in [3.05, 3.63) is 473 Å². The number of hydrogen-bond acceptors (Lipinski definition) is 0. The largest absolute Gasteiger partial charge is 0.0725 e. The number of rotatable bonds is 0. The van der Waals surface area contributed by atoms with Crippen molar-refractivity contribution in [2.75, 3.05) is 0 Å². The summed E-state index contributed by atoms with van der Waals surface area (Å²) in [6, 6.07) is 127. The minimum absolute atomic E-state index is 0.195. The quantitative estimate of drug-likeness (QED) is 0.142. The highest BCUT2D eigenvalue weighted by molar-refractivity contribution is 6.01. The molecule has 4 spiro atoms. The van der Waals surface area contributed by atoms with Gasteiger partial charge < -0.3 is 0 Å². The Balaban J connectivity index is 0.0000000919. The van der Waals surface area contributed by atoms with Crippen LogP contribution in [0.25, 0.3) is 89.0 Å². The maximum atomic E-state index is 2.41. The zero-order chi connectivity index (χ0) is 72.7. The minimum Gasteiger partial charge on any atom is -0.0619 e. The predicted molar refractivity (Wildman–Crippen MR) is 449 cm³/mol. The molecule has 0 fully saturated rings. The lowest BCUT2D eigenvalue weighted by atomic mass is 9.70. The molecular weight excluding hydrogens is 1300 g/mol. The Bertz CT molecular complexity index is 6140. The van der Waals surface area contributed by atoms with Crippen molar-refractivity contribution in [2.24, 2.45) is 0 Å². The Kier molecular flexibility index (Phi) is 13.9. The van der Waals surface area contributed by atoms with Crippen molar-refractivity contribution in [3.63, 3.8) is 0 Å². The van der Waals surface area contributed by atoms with Gasteiger partial charge in [-0.3, -0.25) is 0 Å². The van der Waals surface area contributed by atoms with Crippen LogP contribution in [0.1, 0.15) is 134 Å². The number of benzene rings is 16. The number of aryl methyl sites for hydroxylation is 8. The molecule has 0 saturated heterocycles. The van der Waals surface area contributed by atoms with Crippen LogP contribution in [-0.4, -0.2) is 0 Å². The van der Waals surface area contributed by atoms with Gasteiger partial charge in [-0.25, -0.2) is 0 Å². The Labute approximate surface area is 635 Å². The fraction of sp³-hybridized carbons (Fsp3) is 0.111. The normalized spacial score (nSPS) is 14.6. The van der Waals surface area contributed by atoms with Gasteiger partial charge in [0.05, 0.1) is 21.7 Å². The van der Waals surface area contributed by atoms with E-state index in [9.17, 15) is 0 Å². The van der Waals surface area contributed by atoms with Crippen LogP contribution in [0, 0.1) is 55.4 Å². The molecule has 0 amide bonds. The van der Waals surface area contributed by atoms with Crippen molar-refractivity contribution in [3.8, 4) is 89.0 Å². The van der Waals surface area contributed by atoms with E-state index in [1.807, 2.05) is 0 Å². The van der Waals surface area contributed by atoms with Gasteiger partial charge in [0.15, 0.2) is 0 Å². The molecule has 0 aromatic heterocycles. The van der Waals surface area contributed by atoms with Gasteiger partial charge in [-0.05, 0) is 245 Å². The summed E-state index contributed by atoms with van der Waals surface area (Å²) in [6.45, 7) is 17.7. The van der Waals surface area contributed by atoms with E-state index in [0.717, 1.165) is 0 Å². The van der Waals surface area contributed by atoms with E-state index >= 15 is 0 Å². The summed E-state index contributed by atoms with van der Waals surface area (Å²) in [5.41, 5.74) is 54.7. The van der Waals surface area contributed by atoms with Gasteiger partial charge >= 0.3 is 0 Å². The van der Waals surface area contributed by atoms with Crippen LogP contribution in [0.3, 0.4) is 0 Å². The second kappa shape index (κ2) is 23.5. The molecule has 0 nitrogen and oxygen atoms in total. The number of fused-ring (bicyclic) bond motifs is 40. The van der Waals surface area contributed by atoms with Crippen LogP contribution >= 0.6 is 0 Å². The lowest BCUT2D eigenvalue weighted by molar-refractivity contribution is 0.791. The molecule has 0 radical (unpaired) electrons. The zero-order valence-corrected chi connectivity index (χ0v) is 62.3. The molecule has 8 aliphatic rings. The van der Waals surface area contributed by atoms with Gasteiger partial charge in [-0.15, -0.1) is 0 Å². The van der Waals surface area contributed by atoms with Gasteiger partial charge in [0.1, 0.15) is 0 Å². The first-order valence-corrected chi connectivity index (χ1v) is 38.5. The van der Waals surface area contributed by atoms with Crippen molar-refractivity contribution >= 4 is 0 Å². The Hall–Kier alpha value is -12.5. The molecule has 0 atom stereocenters. The van der Waals surface area contributed by atoms with Crippen LogP contribution in [0.15, 0.2) is 340 Å². The van der Waals surface area contributed by atoms with E-state index in [-0.39, 0.29) is 21.7 Å². The fourth-order valence-corrected chi connectivity index (χ4v) is 21.7. The molecule has 0 heterocycles. The van der Waals surface area contributed by atoms with E-state index in [2.05, 4.69) is 395 Å². The van der Waals surface area contributed by atoms with Crippen molar-refractivity contribution in [2.45, 2.75) is 77.0 Å². The van der Waals surface area contributed by atoms with E-state index in [1.54, 1.807) is 0 Å². The SMILES string of the molecule is Cc1ccc2c(c1)-c1cc(C)ccc1C21c2ccccc2-c2ccccc21.Cc1ccc2c(c1)-c1ccccc1C21c2ccccc2-c2cc(C)ccc21.Cc1ccc2c(c1)C1(c3ccccc3-2)c2ccccc2-c2ccc(C)cc21.Cc1cccc2c1-c1c(C)cccc1C21c2ccccc2-c2ccccc21. The molecular formula is C108H80. The summed E-state index contributed by atoms with van der Waals surface area (Å²) in [6.07, 6.45) is 0. The first-order chi connectivity index (χ1) is 52.9. The molecule has 24 rings (SSSR count).